The van der Waals surface area contributed by atoms with Crippen LogP contribution in [0.3, 0.4) is 0 Å². The lowest BCUT2D eigenvalue weighted by Gasteiger charge is -2.13. The van der Waals surface area contributed by atoms with Gasteiger partial charge in [0.2, 0.25) is 5.88 Å². The topological polar surface area (TPSA) is 113 Å². The van der Waals surface area contributed by atoms with Crippen LogP contribution in [0.4, 0.5) is 10.6 Å². The van der Waals surface area contributed by atoms with Crippen LogP contribution in [0.2, 0.25) is 0 Å². The molecule has 0 aliphatic heterocycles. The Bertz CT molecular complexity index is 532. The van der Waals surface area contributed by atoms with Gasteiger partial charge in [0.25, 0.3) is 0 Å². The summed E-state index contributed by atoms with van der Waals surface area (Å²) >= 11 is 0. The zero-order valence-corrected chi connectivity index (χ0v) is 12.6. The van der Waals surface area contributed by atoms with E-state index in [-0.39, 0.29) is 18.1 Å². The highest BCUT2D eigenvalue weighted by molar-refractivity contribution is 5.88. The number of aromatic nitrogens is 2. The summed E-state index contributed by atoms with van der Waals surface area (Å²) in [5.74, 6) is -0.490. The van der Waals surface area contributed by atoms with E-state index >= 15 is 0 Å². The molecule has 1 fully saturated rings. The number of urea groups is 1. The number of aliphatic carboxylic acids is 1. The molecule has 1 aromatic rings. The van der Waals surface area contributed by atoms with Crippen LogP contribution < -0.4 is 15.4 Å². The summed E-state index contributed by atoms with van der Waals surface area (Å²) in [6.07, 6.45) is 1.70. The number of carbonyl (C=O) groups excluding carboxylic acids is 1. The van der Waals surface area contributed by atoms with Gasteiger partial charge in [-0.1, -0.05) is 0 Å². The number of ether oxygens (including phenoxy) is 1. The lowest BCUT2D eigenvalue weighted by atomic mass is 10.1. The Morgan fingerprint density at radius 3 is 2.64 bits per heavy atom. The van der Waals surface area contributed by atoms with Crippen molar-refractivity contribution >= 4 is 17.8 Å². The first kappa shape index (κ1) is 16.0. The summed E-state index contributed by atoms with van der Waals surface area (Å²) in [7, 11) is 0. The molecular formula is C14H20N4O4. The number of carbonyl (C=O) groups is 2. The van der Waals surface area contributed by atoms with Crippen molar-refractivity contribution in [2.75, 3.05) is 5.32 Å². The molecule has 0 spiro atoms. The van der Waals surface area contributed by atoms with E-state index in [1.165, 1.54) is 0 Å². The largest absolute Gasteiger partial charge is 0.481 e. The van der Waals surface area contributed by atoms with Crippen LogP contribution in [-0.2, 0) is 4.79 Å². The van der Waals surface area contributed by atoms with Gasteiger partial charge in [-0.25, -0.2) is 4.79 Å². The van der Waals surface area contributed by atoms with Crippen LogP contribution >= 0.6 is 0 Å². The molecule has 0 radical (unpaired) electrons. The summed E-state index contributed by atoms with van der Waals surface area (Å²) in [5.41, 5.74) is 0. The number of rotatable bonds is 5. The summed E-state index contributed by atoms with van der Waals surface area (Å²) in [6.45, 7) is 3.76. The van der Waals surface area contributed by atoms with Crippen LogP contribution in [0.25, 0.3) is 0 Å². The van der Waals surface area contributed by atoms with Gasteiger partial charge in [0.15, 0.2) is 5.82 Å². The Morgan fingerprint density at radius 2 is 2.09 bits per heavy atom. The second kappa shape index (κ2) is 7.06. The van der Waals surface area contributed by atoms with E-state index in [4.69, 9.17) is 9.84 Å². The molecule has 1 saturated carbocycles. The highest BCUT2D eigenvalue weighted by Gasteiger charge is 2.30. The third-order valence-electron chi connectivity index (χ3n) is 3.36. The van der Waals surface area contributed by atoms with E-state index in [2.05, 4.69) is 20.8 Å². The molecule has 8 heteroatoms. The first-order chi connectivity index (χ1) is 10.4. The SMILES string of the molecule is CC(C)Oc1ccc(NC(=O)N[C@@H]2CC[C@H](C(=O)O)C2)nn1. The minimum atomic E-state index is -0.809. The van der Waals surface area contributed by atoms with Crippen molar-refractivity contribution in [1.82, 2.24) is 15.5 Å². The standard InChI is InChI=1S/C14H20N4O4/c1-8(2)22-12-6-5-11(17-18-12)16-14(21)15-10-4-3-9(7-10)13(19)20/h5-6,8-10H,3-4,7H2,1-2H3,(H,19,20)(H2,15,16,17,21)/t9-,10+/m0/s1. The zero-order chi connectivity index (χ0) is 16.1. The number of amides is 2. The first-order valence-electron chi connectivity index (χ1n) is 7.24. The molecule has 0 bridgehead atoms. The maximum absolute atomic E-state index is 11.8. The Balaban J connectivity index is 1.81. The predicted molar refractivity (Wildman–Crippen MR) is 78.7 cm³/mol. The van der Waals surface area contributed by atoms with Gasteiger partial charge in [0, 0.05) is 12.1 Å². The van der Waals surface area contributed by atoms with E-state index in [9.17, 15) is 9.59 Å². The Labute approximate surface area is 128 Å². The molecule has 2 atom stereocenters. The number of carboxylic acids is 1. The summed E-state index contributed by atoms with van der Waals surface area (Å²) in [5, 5.41) is 21.9. The van der Waals surface area contributed by atoms with E-state index in [0.29, 0.717) is 31.0 Å². The molecule has 120 valence electrons. The smallest absolute Gasteiger partial charge is 0.320 e. The molecule has 8 nitrogen and oxygen atoms in total. The van der Waals surface area contributed by atoms with Crippen molar-refractivity contribution in [1.29, 1.82) is 0 Å². The Hall–Kier alpha value is -2.38. The number of nitrogens with zero attached hydrogens (tertiary/aromatic N) is 2. The van der Waals surface area contributed by atoms with E-state index < -0.39 is 12.0 Å². The molecule has 0 saturated heterocycles. The van der Waals surface area contributed by atoms with Crippen LogP contribution in [0, 0.1) is 5.92 Å². The molecule has 3 N–H and O–H groups in total. The van der Waals surface area contributed by atoms with Gasteiger partial charge < -0.3 is 15.2 Å². The van der Waals surface area contributed by atoms with E-state index in [1.807, 2.05) is 13.8 Å². The van der Waals surface area contributed by atoms with Crippen LogP contribution in [0.15, 0.2) is 12.1 Å². The monoisotopic (exact) mass is 308 g/mol. The maximum atomic E-state index is 11.8. The second-order valence-electron chi connectivity index (χ2n) is 5.57. The van der Waals surface area contributed by atoms with Crippen molar-refractivity contribution < 1.29 is 19.4 Å². The van der Waals surface area contributed by atoms with Gasteiger partial charge in [0.05, 0.1) is 12.0 Å². The lowest BCUT2D eigenvalue weighted by molar-refractivity contribution is -0.141. The molecular weight excluding hydrogens is 288 g/mol. The average molecular weight is 308 g/mol. The molecule has 1 heterocycles. The summed E-state index contributed by atoms with van der Waals surface area (Å²) < 4.78 is 5.36. The average Bonchev–Trinajstić information content (AvgIpc) is 2.89. The molecule has 1 aliphatic carbocycles. The van der Waals surface area contributed by atoms with Gasteiger partial charge in [-0.15, -0.1) is 10.2 Å². The molecule has 1 aromatic heterocycles. The zero-order valence-electron chi connectivity index (χ0n) is 12.6. The fourth-order valence-electron chi connectivity index (χ4n) is 2.37. The third-order valence-corrected chi connectivity index (χ3v) is 3.36. The summed E-state index contributed by atoms with van der Waals surface area (Å²) in [4.78, 5) is 22.7. The fourth-order valence-corrected chi connectivity index (χ4v) is 2.37. The number of anilines is 1. The Morgan fingerprint density at radius 1 is 1.32 bits per heavy atom. The molecule has 0 aromatic carbocycles. The van der Waals surface area contributed by atoms with E-state index in [0.717, 1.165) is 0 Å². The van der Waals surface area contributed by atoms with Crippen LogP contribution in [0.1, 0.15) is 33.1 Å². The van der Waals surface area contributed by atoms with Crippen molar-refractivity contribution in [3.05, 3.63) is 12.1 Å². The third kappa shape index (κ3) is 4.57. The minimum Gasteiger partial charge on any atom is -0.481 e. The maximum Gasteiger partial charge on any atom is 0.320 e. The number of nitrogens with one attached hydrogen (secondary N) is 2. The molecule has 1 aliphatic rings. The van der Waals surface area contributed by atoms with Gasteiger partial charge in [-0.3, -0.25) is 10.1 Å². The normalized spacial score (nSPS) is 20.7. The minimum absolute atomic E-state index is 0.000885. The Kier molecular flexibility index (Phi) is 5.13. The van der Waals surface area contributed by atoms with Crippen molar-refractivity contribution in [2.24, 2.45) is 5.92 Å². The highest BCUT2D eigenvalue weighted by atomic mass is 16.5. The van der Waals surface area contributed by atoms with E-state index in [1.54, 1.807) is 12.1 Å². The van der Waals surface area contributed by atoms with Crippen molar-refractivity contribution in [3.63, 3.8) is 0 Å². The molecule has 22 heavy (non-hydrogen) atoms. The lowest BCUT2D eigenvalue weighted by Crippen LogP contribution is -2.37. The molecule has 2 amide bonds. The predicted octanol–water partition coefficient (Wildman–Crippen LogP) is 1.64. The molecule has 0 unspecified atom stereocenters. The van der Waals surface area contributed by atoms with Gasteiger partial charge >= 0.3 is 12.0 Å². The quantitative estimate of drug-likeness (QED) is 0.762. The fraction of sp³-hybridized carbons (Fsp3) is 0.571. The van der Waals surface area contributed by atoms with Crippen LogP contribution in [-0.4, -0.2) is 39.5 Å². The number of hydrogen-bond donors (Lipinski definition) is 3. The van der Waals surface area contributed by atoms with Gasteiger partial charge in [0.1, 0.15) is 0 Å². The number of hydrogen-bond acceptors (Lipinski definition) is 5. The second-order valence-corrected chi connectivity index (χ2v) is 5.57. The summed E-state index contributed by atoms with van der Waals surface area (Å²) in [6, 6.07) is 2.68. The number of carboxylic acid groups (broad SMARTS) is 1. The van der Waals surface area contributed by atoms with Crippen LogP contribution in [0.5, 0.6) is 5.88 Å². The first-order valence-corrected chi connectivity index (χ1v) is 7.24. The van der Waals surface area contributed by atoms with Gasteiger partial charge in [-0.2, -0.15) is 0 Å². The van der Waals surface area contributed by atoms with Crippen molar-refractivity contribution in [2.45, 2.75) is 45.3 Å². The van der Waals surface area contributed by atoms with Gasteiger partial charge in [-0.05, 0) is 39.2 Å². The highest BCUT2D eigenvalue weighted by Crippen LogP contribution is 2.25. The van der Waals surface area contributed by atoms with Crippen molar-refractivity contribution in [3.8, 4) is 5.88 Å². The molecule has 2 rings (SSSR count).